The lowest BCUT2D eigenvalue weighted by molar-refractivity contribution is 0.0103. The molecule has 3 nitrogen and oxygen atoms in total. The fourth-order valence-electron chi connectivity index (χ4n) is 3.18. The molecule has 0 bridgehead atoms. The van der Waals surface area contributed by atoms with Gasteiger partial charge in [-0.1, -0.05) is 31.2 Å². The first-order chi connectivity index (χ1) is 11.0. The van der Waals surface area contributed by atoms with Gasteiger partial charge >= 0.3 is 0 Å². The zero-order valence-corrected chi connectivity index (χ0v) is 14.3. The zero-order valence-electron chi connectivity index (χ0n) is 13.5. The number of ether oxygens (including phenoxy) is 2. The minimum absolute atomic E-state index is 0.0586. The molecule has 0 radical (unpaired) electrons. The van der Waals surface area contributed by atoms with Crippen LogP contribution in [0.3, 0.4) is 0 Å². The molecule has 4 heteroatoms. The van der Waals surface area contributed by atoms with Gasteiger partial charge in [0.2, 0.25) is 0 Å². The number of aliphatic hydroxyl groups is 1. The Balaban J connectivity index is 2.10. The van der Waals surface area contributed by atoms with Gasteiger partial charge in [0.15, 0.2) is 0 Å². The molecule has 1 N–H and O–H groups in total. The molecule has 2 atom stereocenters. The Kier molecular flexibility index (Phi) is 4.03. The number of hydrogen-bond donors (Lipinski definition) is 1. The summed E-state index contributed by atoms with van der Waals surface area (Å²) < 4.78 is 10.4. The van der Waals surface area contributed by atoms with Crippen molar-refractivity contribution in [3.8, 4) is 11.5 Å². The van der Waals surface area contributed by atoms with Crippen LogP contribution in [0.1, 0.15) is 24.5 Å². The highest BCUT2D eigenvalue weighted by Gasteiger charge is 2.63. The molecule has 2 aromatic carbocycles. The fraction of sp³-hybridized carbons (Fsp3) is 0.368. The van der Waals surface area contributed by atoms with E-state index in [4.69, 9.17) is 21.1 Å². The molecule has 0 heterocycles. The molecule has 0 aromatic heterocycles. The monoisotopic (exact) mass is 332 g/mol. The van der Waals surface area contributed by atoms with Crippen LogP contribution in [0.15, 0.2) is 48.5 Å². The molecule has 0 amide bonds. The molecular weight excluding hydrogens is 312 g/mol. The molecule has 0 spiro atoms. The number of methoxy groups -OCH3 is 2. The summed E-state index contributed by atoms with van der Waals surface area (Å²) >= 11 is 6.38. The lowest BCUT2D eigenvalue weighted by Gasteiger charge is -2.36. The van der Waals surface area contributed by atoms with Crippen LogP contribution in [0.4, 0.5) is 0 Å². The second kappa shape index (κ2) is 5.73. The topological polar surface area (TPSA) is 38.7 Å². The van der Waals surface area contributed by atoms with Crippen molar-refractivity contribution in [2.24, 2.45) is 5.41 Å². The molecule has 3 rings (SSSR count). The van der Waals surface area contributed by atoms with Gasteiger partial charge in [-0.15, -0.1) is 11.6 Å². The van der Waals surface area contributed by atoms with Gasteiger partial charge in [-0.3, -0.25) is 0 Å². The van der Waals surface area contributed by atoms with Crippen LogP contribution in [0.2, 0.25) is 0 Å². The third-order valence-electron chi connectivity index (χ3n) is 4.98. The highest BCUT2D eigenvalue weighted by molar-refractivity contribution is 6.23. The number of halogens is 1. The maximum absolute atomic E-state index is 11.7. The zero-order chi connectivity index (χ0) is 16.7. The molecule has 1 aliphatic carbocycles. The summed E-state index contributed by atoms with van der Waals surface area (Å²) in [4.78, 5) is 0. The third-order valence-corrected chi connectivity index (χ3v) is 5.61. The van der Waals surface area contributed by atoms with Gasteiger partial charge in [0.25, 0.3) is 0 Å². The van der Waals surface area contributed by atoms with Crippen molar-refractivity contribution >= 4 is 11.6 Å². The van der Waals surface area contributed by atoms with Crippen molar-refractivity contribution in [2.45, 2.75) is 24.3 Å². The Morgan fingerprint density at radius 3 is 1.57 bits per heavy atom. The lowest BCUT2D eigenvalue weighted by Crippen LogP contribution is -2.38. The van der Waals surface area contributed by atoms with E-state index in [9.17, 15) is 5.11 Å². The summed E-state index contributed by atoms with van der Waals surface area (Å²) in [5.74, 6) is 1.52. The predicted molar refractivity (Wildman–Crippen MR) is 91.4 cm³/mol. The molecule has 0 unspecified atom stereocenters. The average Bonchev–Trinajstić information content (AvgIpc) is 3.22. The van der Waals surface area contributed by atoms with Crippen molar-refractivity contribution in [3.63, 3.8) is 0 Å². The second-order valence-electron chi connectivity index (χ2n) is 6.26. The van der Waals surface area contributed by atoms with Gasteiger partial charge in [-0.25, -0.2) is 0 Å². The Labute approximate surface area is 141 Å². The number of rotatable bonds is 5. The van der Waals surface area contributed by atoms with Crippen molar-refractivity contribution in [2.75, 3.05) is 14.2 Å². The smallest absolute Gasteiger partial charge is 0.121 e. The van der Waals surface area contributed by atoms with E-state index < -0.39 is 11.0 Å². The summed E-state index contributed by atoms with van der Waals surface area (Å²) in [6.07, 6.45) is 0.767. The number of alkyl halides is 1. The summed E-state index contributed by atoms with van der Waals surface area (Å²) in [7, 11) is 3.25. The maximum Gasteiger partial charge on any atom is 0.121 e. The SMILES string of the molecule is COc1ccc(C(O)(c2ccc(OC)cc2)[C@]2(C)C[C@@H]2Cl)cc1. The second-order valence-corrected chi connectivity index (χ2v) is 6.78. The molecule has 23 heavy (non-hydrogen) atoms. The summed E-state index contributed by atoms with van der Waals surface area (Å²) in [6.45, 7) is 2.03. The Bertz CT molecular complexity index is 633. The van der Waals surface area contributed by atoms with E-state index in [0.717, 1.165) is 29.0 Å². The van der Waals surface area contributed by atoms with Crippen LogP contribution in [-0.4, -0.2) is 24.7 Å². The molecule has 1 fully saturated rings. The largest absolute Gasteiger partial charge is 0.497 e. The first kappa shape index (κ1) is 16.2. The molecule has 1 aliphatic rings. The summed E-state index contributed by atoms with van der Waals surface area (Å²) in [5, 5.41) is 11.6. The molecule has 122 valence electrons. The van der Waals surface area contributed by atoms with Crippen LogP contribution < -0.4 is 9.47 Å². The van der Waals surface area contributed by atoms with E-state index in [1.807, 2.05) is 55.5 Å². The highest BCUT2D eigenvalue weighted by Crippen LogP contribution is 2.63. The molecule has 1 saturated carbocycles. The molecule has 0 saturated heterocycles. The van der Waals surface area contributed by atoms with Gasteiger partial charge in [-0.2, -0.15) is 0 Å². The van der Waals surface area contributed by atoms with Crippen LogP contribution in [-0.2, 0) is 5.60 Å². The summed E-state index contributed by atoms with van der Waals surface area (Å²) in [5.41, 5.74) is 0.0682. The van der Waals surface area contributed by atoms with Crippen molar-refractivity contribution in [1.29, 1.82) is 0 Å². The number of hydrogen-bond acceptors (Lipinski definition) is 3. The first-order valence-corrected chi connectivity index (χ1v) is 8.05. The van der Waals surface area contributed by atoms with E-state index in [1.165, 1.54) is 0 Å². The van der Waals surface area contributed by atoms with Gasteiger partial charge in [-0.05, 0) is 41.8 Å². The Hall–Kier alpha value is -1.71. The van der Waals surface area contributed by atoms with E-state index in [0.29, 0.717) is 0 Å². The van der Waals surface area contributed by atoms with Crippen LogP contribution in [0, 0.1) is 5.41 Å². The van der Waals surface area contributed by atoms with Gasteiger partial charge < -0.3 is 14.6 Å². The van der Waals surface area contributed by atoms with Crippen LogP contribution >= 0.6 is 11.6 Å². The van der Waals surface area contributed by atoms with E-state index >= 15 is 0 Å². The Morgan fingerprint density at radius 1 is 0.957 bits per heavy atom. The van der Waals surface area contributed by atoms with Crippen molar-refractivity contribution in [3.05, 3.63) is 59.7 Å². The minimum Gasteiger partial charge on any atom is -0.497 e. The molecule has 2 aromatic rings. The highest BCUT2D eigenvalue weighted by atomic mass is 35.5. The van der Waals surface area contributed by atoms with E-state index in [2.05, 4.69) is 0 Å². The van der Waals surface area contributed by atoms with E-state index in [1.54, 1.807) is 14.2 Å². The third kappa shape index (κ3) is 2.48. The predicted octanol–water partition coefficient (Wildman–Crippen LogP) is 3.96. The average molecular weight is 333 g/mol. The molecule has 0 aliphatic heterocycles. The molecular formula is C19H21ClO3. The van der Waals surface area contributed by atoms with Gasteiger partial charge in [0.05, 0.1) is 14.2 Å². The Morgan fingerprint density at radius 2 is 1.30 bits per heavy atom. The minimum atomic E-state index is -1.15. The van der Waals surface area contributed by atoms with Gasteiger partial charge in [0.1, 0.15) is 17.1 Å². The fourth-order valence-corrected chi connectivity index (χ4v) is 3.66. The van der Waals surface area contributed by atoms with Gasteiger partial charge in [0, 0.05) is 10.8 Å². The van der Waals surface area contributed by atoms with Crippen molar-refractivity contribution < 1.29 is 14.6 Å². The normalized spacial score (nSPS) is 23.4. The number of benzene rings is 2. The maximum atomic E-state index is 11.7. The van der Waals surface area contributed by atoms with E-state index in [-0.39, 0.29) is 5.38 Å². The lowest BCUT2D eigenvalue weighted by atomic mass is 9.74. The van der Waals surface area contributed by atoms with Crippen molar-refractivity contribution in [1.82, 2.24) is 0 Å². The van der Waals surface area contributed by atoms with Crippen LogP contribution in [0.25, 0.3) is 0 Å². The standard InChI is InChI=1S/C19H21ClO3/c1-18(12-17(18)20)19(21,13-4-8-15(22-2)9-5-13)14-6-10-16(23-3)11-7-14/h4-11,17,21H,12H2,1-3H3/t17-,18+/m0/s1. The quantitative estimate of drug-likeness (QED) is 0.842. The summed E-state index contributed by atoms with van der Waals surface area (Å²) in [6, 6.07) is 15.0. The van der Waals surface area contributed by atoms with Crippen LogP contribution in [0.5, 0.6) is 11.5 Å². The first-order valence-electron chi connectivity index (χ1n) is 7.61.